The van der Waals surface area contributed by atoms with E-state index in [9.17, 15) is 9.18 Å². The van der Waals surface area contributed by atoms with Crippen LogP contribution in [0, 0.1) is 23.6 Å². The molecule has 1 aromatic carbocycles. The molecule has 1 aromatic heterocycles. The van der Waals surface area contributed by atoms with Crippen molar-refractivity contribution in [3.8, 4) is 16.9 Å². The number of hydrogen-bond donors (Lipinski definition) is 2. The average molecular weight is 368 g/mol. The SMILES string of the molecule is COc1cc(F)ccc1-c1c[nH]c(C(=O)NC23CC4CC(CC(C4)C2)C3)c1. The number of halogens is 1. The summed E-state index contributed by atoms with van der Waals surface area (Å²) < 4.78 is 18.7. The molecule has 0 saturated heterocycles. The van der Waals surface area contributed by atoms with E-state index in [4.69, 9.17) is 4.74 Å². The molecule has 1 heterocycles. The standard InChI is InChI=1S/C22H25FN2O2/c1-27-20-8-17(23)2-3-18(20)16-7-19(24-12-16)21(26)25-22-9-13-4-14(10-22)6-15(5-13)11-22/h2-3,7-8,12-15,24H,4-6,9-11H2,1H3,(H,25,26). The molecule has 2 N–H and O–H groups in total. The number of methoxy groups -OCH3 is 1. The second kappa shape index (κ2) is 6.11. The Hall–Kier alpha value is -2.30. The number of H-pyrrole nitrogens is 1. The first kappa shape index (κ1) is 16.8. The van der Waals surface area contributed by atoms with Crippen LogP contribution in [-0.2, 0) is 0 Å². The average Bonchev–Trinajstić information content (AvgIpc) is 3.10. The van der Waals surface area contributed by atoms with Crippen LogP contribution in [0.3, 0.4) is 0 Å². The summed E-state index contributed by atoms with van der Waals surface area (Å²) in [4.78, 5) is 16.0. The lowest BCUT2D eigenvalue weighted by molar-refractivity contribution is -0.0167. The Kier molecular flexibility index (Phi) is 3.81. The van der Waals surface area contributed by atoms with Crippen LogP contribution in [0.5, 0.6) is 5.75 Å². The Morgan fingerprint density at radius 3 is 2.44 bits per heavy atom. The van der Waals surface area contributed by atoms with Crippen LogP contribution < -0.4 is 10.1 Å². The predicted octanol–water partition coefficient (Wildman–Crippen LogP) is 4.53. The van der Waals surface area contributed by atoms with Crippen LogP contribution in [0.1, 0.15) is 49.0 Å². The first-order valence-corrected chi connectivity index (χ1v) is 9.88. The van der Waals surface area contributed by atoms with Crippen LogP contribution in [0.15, 0.2) is 30.5 Å². The van der Waals surface area contributed by atoms with E-state index in [1.807, 2.05) is 6.07 Å². The van der Waals surface area contributed by atoms with Crippen molar-refractivity contribution >= 4 is 5.91 Å². The third kappa shape index (κ3) is 2.93. The molecule has 4 bridgehead atoms. The molecule has 4 fully saturated rings. The summed E-state index contributed by atoms with van der Waals surface area (Å²) in [7, 11) is 1.52. The third-order valence-corrected chi connectivity index (χ3v) is 6.82. The van der Waals surface area contributed by atoms with Gasteiger partial charge in [0.15, 0.2) is 0 Å². The van der Waals surface area contributed by atoms with E-state index in [1.165, 1.54) is 38.5 Å². The Bertz CT molecular complexity index is 853. The third-order valence-electron chi connectivity index (χ3n) is 6.82. The summed E-state index contributed by atoms with van der Waals surface area (Å²) >= 11 is 0. The molecule has 1 amide bonds. The van der Waals surface area contributed by atoms with E-state index >= 15 is 0 Å². The largest absolute Gasteiger partial charge is 0.496 e. The minimum absolute atomic E-state index is 0.00925. The summed E-state index contributed by atoms with van der Waals surface area (Å²) in [6.07, 6.45) is 9.23. The lowest BCUT2D eigenvalue weighted by atomic mass is 9.53. The number of benzene rings is 1. The van der Waals surface area contributed by atoms with Crippen LogP contribution in [0.25, 0.3) is 11.1 Å². The Labute approximate surface area is 158 Å². The molecular formula is C22H25FN2O2. The maximum atomic E-state index is 13.4. The van der Waals surface area contributed by atoms with Crippen molar-refractivity contribution in [1.29, 1.82) is 0 Å². The number of amides is 1. The zero-order valence-electron chi connectivity index (χ0n) is 15.6. The van der Waals surface area contributed by atoms with E-state index < -0.39 is 0 Å². The molecule has 2 aromatic rings. The normalized spacial score (nSPS) is 31.1. The Morgan fingerprint density at radius 2 is 1.81 bits per heavy atom. The monoisotopic (exact) mass is 368 g/mol. The first-order valence-electron chi connectivity index (χ1n) is 9.88. The summed E-state index contributed by atoms with van der Waals surface area (Å²) in [5.74, 6) is 2.45. The van der Waals surface area contributed by atoms with Gasteiger partial charge in [-0.3, -0.25) is 4.79 Å². The number of hydrogen-bond acceptors (Lipinski definition) is 2. The zero-order chi connectivity index (χ0) is 18.6. The molecule has 0 atom stereocenters. The van der Waals surface area contributed by atoms with Gasteiger partial charge in [-0.1, -0.05) is 0 Å². The minimum Gasteiger partial charge on any atom is -0.496 e. The molecular weight excluding hydrogens is 343 g/mol. The Balaban J connectivity index is 1.37. The number of nitrogens with one attached hydrogen (secondary N) is 2. The smallest absolute Gasteiger partial charge is 0.268 e. The predicted molar refractivity (Wildman–Crippen MR) is 101 cm³/mol. The van der Waals surface area contributed by atoms with Crippen molar-refractivity contribution in [2.45, 2.75) is 44.1 Å². The van der Waals surface area contributed by atoms with Gasteiger partial charge in [-0.15, -0.1) is 0 Å². The number of ether oxygens (including phenoxy) is 1. The van der Waals surface area contributed by atoms with Crippen molar-refractivity contribution in [3.63, 3.8) is 0 Å². The fourth-order valence-corrected chi connectivity index (χ4v) is 6.16. The molecule has 4 aliphatic carbocycles. The lowest BCUT2D eigenvalue weighted by Gasteiger charge is -2.56. The summed E-state index contributed by atoms with van der Waals surface area (Å²) in [5, 5.41) is 3.38. The summed E-state index contributed by atoms with van der Waals surface area (Å²) in [6.45, 7) is 0. The quantitative estimate of drug-likeness (QED) is 0.833. The van der Waals surface area contributed by atoms with Gasteiger partial charge >= 0.3 is 0 Å². The number of rotatable bonds is 4. The van der Waals surface area contributed by atoms with Gasteiger partial charge in [0.25, 0.3) is 5.91 Å². The van der Waals surface area contributed by atoms with Crippen LogP contribution in [0.2, 0.25) is 0 Å². The molecule has 0 radical (unpaired) electrons. The molecule has 0 unspecified atom stereocenters. The van der Waals surface area contributed by atoms with Crippen molar-refractivity contribution in [2.75, 3.05) is 7.11 Å². The molecule has 6 rings (SSSR count). The molecule has 0 spiro atoms. The van der Waals surface area contributed by atoms with Gasteiger partial charge in [0.2, 0.25) is 0 Å². The number of carbonyl (C=O) groups is 1. The van der Waals surface area contributed by atoms with Gasteiger partial charge < -0.3 is 15.0 Å². The maximum Gasteiger partial charge on any atom is 0.268 e. The fraction of sp³-hybridized carbons (Fsp3) is 0.500. The van der Waals surface area contributed by atoms with Crippen molar-refractivity contribution in [2.24, 2.45) is 17.8 Å². The highest BCUT2D eigenvalue weighted by Gasteiger charge is 2.51. The van der Waals surface area contributed by atoms with Gasteiger partial charge in [0.1, 0.15) is 17.3 Å². The molecule has 0 aliphatic heterocycles. The van der Waals surface area contributed by atoms with Crippen molar-refractivity contribution < 1.29 is 13.9 Å². The van der Waals surface area contributed by atoms with E-state index in [0.717, 1.165) is 48.1 Å². The zero-order valence-corrected chi connectivity index (χ0v) is 15.6. The highest BCUT2D eigenvalue weighted by atomic mass is 19.1. The number of aromatic nitrogens is 1. The molecule has 4 nitrogen and oxygen atoms in total. The van der Waals surface area contributed by atoms with E-state index in [-0.39, 0.29) is 17.3 Å². The maximum absolute atomic E-state index is 13.4. The molecule has 4 aliphatic rings. The highest BCUT2D eigenvalue weighted by molar-refractivity contribution is 5.94. The van der Waals surface area contributed by atoms with Crippen LogP contribution >= 0.6 is 0 Å². The van der Waals surface area contributed by atoms with E-state index in [2.05, 4.69) is 10.3 Å². The topological polar surface area (TPSA) is 54.1 Å². The molecule has 142 valence electrons. The van der Waals surface area contributed by atoms with E-state index in [1.54, 1.807) is 12.3 Å². The first-order chi connectivity index (χ1) is 13.0. The van der Waals surface area contributed by atoms with E-state index in [0.29, 0.717) is 11.4 Å². The van der Waals surface area contributed by atoms with Gasteiger partial charge in [0, 0.05) is 28.9 Å². The summed E-state index contributed by atoms with van der Waals surface area (Å²) in [5.41, 5.74) is 2.13. The fourth-order valence-electron chi connectivity index (χ4n) is 6.16. The molecule has 27 heavy (non-hydrogen) atoms. The Morgan fingerprint density at radius 1 is 1.15 bits per heavy atom. The van der Waals surface area contributed by atoms with Crippen LogP contribution in [0.4, 0.5) is 4.39 Å². The van der Waals surface area contributed by atoms with Crippen LogP contribution in [-0.4, -0.2) is 23.5 Å². The number of aromatic amines is 1. The van der Waals surface area contributed by atoms with Gasteiger partial charge in [0.05, 0.1) is 7.11 Å². The molecule has 4 saturated carbocycles. The highest BCUT2D eigenvalue weighted by Crippen LogP contribution is 2.55. The van der Waals surface area contributed by atoms with Crippen molar-refractivity contribution in [1.82, 2.24) is 10.3 Å². The summed E-state index contributed by atoms with van der Waals surface area (Å²) in [6, 6.07) is 6.27. The van der Waals surface area contributed by atoms with Gasteiger partial charge in [-0.05, 0) is 74.5 Å². The van der Waals surface area contributed by atoms with Gasteiger partial charge in [-0.2, -0.15) is 0 Å². The van der Waals surface area contributed by atoms with Crippen molar-refractivity contribution in [3.05, 3.63) is 42.0 Å². The second-order valence-corrected chi connectivity index (χ2v) is 8.80. The lowest BCUT2D eigenvalue weighted by Crippen LogP contribution is -2.59. The number of carbonyl (C=O) groups excluding carboxylic acids is 1. The second-order valence-electron chi connectivity index (χ2n) is 8.80. The van der Waals surface area contributed by atoms with Gasteiger partial charge in [-0.25, -0.2) is 4.39 Å². The molecule has 5 heteroatoms. The minimum atomic E-state index is -0.342.